The van der Waals surface area contributed by atoms with E-state index >= 15 is 0 Å². The fraction of sp³-hybridized carbons (Fsp3) is 0. The molecule has 18 heavy (non-hydrogen) atoms. The smallest absolute Gasteiger partial charge is 0.161 e. The second kappa shape index (κ2) is 4.88. The Bertz CT molecular complexity index is 651. The molecule has 0 saturated carbocycles. The van der Waals surface area contributed by atoms with Crippen LogP contribution in [-0.2, 0) is 0 Å². The largest absolute Gasteiger partial charge is 0.228 e. The van der Waals surface area contributed by atoms with Gasteiger partial charge in [-0.1, -0.05) is 41.9 Å². The number of halogens is 1. The third-order valence-corrected chi connectivity index (χ3v) is 3.42. The zero-order valence-corrected chi connectivity index (χ0v) is 10.9. The molecule has 3 rings (SSSR count). The summed E-state index contributed by atoms with van der Waals surface area (Å²) in [6.07, 6.45) is 0. The predicted molar refractivity (Wildman–Crippen MR) is 75.8 cm³/mol. The van der Waals surface area contributed by atoms with Gasteiger partial charge in [-0.25, -0.2) is 9.97 Å². The van der Waals surface area contributed by atoms with Crippen LogP contribution in [0, 0.1) is 0 Å². The molecule has 1 aromatic carbocycles. The maximum absolute atomic E-state index is 6.07. The van der Waals surface area contributed by atoms with Crippen molar-refractivity contribution in [2.75, 3.05) is 0 Å². The molecule has 0 spiro atoms. The van der Waals surface area contributed by atoms with Crippen molar-refractivity contribution in [2.45, 2.75) is 0 Å². The lowest BCUT2D eigenvalue weighted by Crippen LogP contribution is -1.92. The van der Waals surface area contributed by atoms with Crippen LogP contribution >= 0.6 is 22.9 Å². The van der Waals surface area contributed by atoms with Gasteiger partial charge >= 0.3 is 0 Å². The molecular formula is C14H9ClN2S. The van der Waals surface area contributed by atoms with Gasteiger partial charge < -0.3 is 0 Å². The van der Waals surface area contributed by atoms with Gasteiger partial charge in [0.15, 0.2) is 5.82 Å². The predicted octanol–water partition coefficient (Wildman–Crippen LogP) is 4.53. The first-order valence-electron chi connectivity index (χ1n) is 5.45. The number of rotatable bonds is 2. The van der Waals surface area contributed by atoms with Gasteiger partial charge in [0.25, 0.3) is 0 Å². The van der Waals surface area contributed by atoms with Crippen LogP contribution < -0.4 is 0 Å². The summed E-state index contributed by atoms with van der Waals surface area (Å²) in [6, 6.07) is 13.7. The van der Waals surface area contributed by atoms with Crippen LogP contribution in [0.15, 0.2) is 53.2 Å². The van der Waals surface area contributed by atoms with E-state index in [1.165, 1.54) is 0 Å². The Kier molecular flexibility index (Phi) is 3.09. The highest BCUT2D eigenvalue weighted by Crippen LogP contribution is 2.25. The Morgan fingerprint density at radius 2 is 1.78 bits per heavy atom. The average Bonchev–Trinajstić information content (AvgIpc) is 2.93. The molecule has 2 aromatic heterocycles. The highest BCUT2D eigenvalue weighted by molar-refractivity contribution is 7.08. The van der Waals surface area contributed by atoms with Crippen molar-refractivity contribution in [2.24, 2.45) is 0 Å². The summed E-state index contributed by atoms with van der Waals surface area (Å²) >= 11 is 7.71. The standard InChI is InChI=1S/C14H9ClN2S/c15-13-8-12(11-6-7-18-9-11)16-14(17-13)10-4-2-1-3-5-10/h1-9H. The van der Waals surface area contributed by atoms with Crippen LogP contribution in [-0.4, -0.2) is 9.97 Å². The van der Waals surface area contributed by atoms with Crippen LogP contribution in [0.5, 0.6) is 0 Å². The normalized spacial score (nSPS) is 10.5. The Morgan fingerprint density at radius 1 is 0.944 bits per heavy atom. The Labute approximate surface area is 114 Å². The molecule has 2 nitrogen and oxygen atoms in total. The fourth-order valence-corrected chi connectivity index (χ4v) is 2.53. The van der Waals surface area contributed by atoms with E-state index in [0.717, 1.165) is 16.8 Å². The molecular weight excluding hydrogens is 264 g/mol. The van der Waals surface area contributed by atoms with E-state index in [4.69, 9.17) is 11.6 Å². The molecule has 0 aliphatic rings. The molecule has 0 unspecified atom stereocenters. The number of hydrogen-bond donors (Lipinski definition) is 0. The van der Waals surface area contributed by atoms with E-state index in [2.05, 4.69) is 9.97 Å². The molecule has 88 valence electrons. The van der Waals surface area contributed by atoms with E-state index < -0.39 is 0 Å². The Morgan fingerprint density at radius 3 is 2.50 bits per heavy atom. The highest BCUT2D eigenvalue weighted by atomic mass is 35.5. The molecule has 4 heteroatoms. The first-order chi connectivity index (χ1) is 8.83. The third-order valence-electron chi connectivity index (χ3n) is 2.54. The van der Waals surface area contributed by atoms with Crippen molar-refractivity contribution in [3.63, 3.8) is 0 Å². The lowest BCUT2D eigenvalue weighted by atomic mass is 10.2. The zero-order valence-electron chi connectivity index (χ0n) is 9.38. The van der Waals surface area contributed by atoms with Crippen LogP contribution in [0.3, 0.4) is 0 Å². The summed E-state index contributed by atoms with van der Waals surface area (Å²) in [5.41, 5.74) is 2.90. The zero-order chi connectivity index (χ0) is 12.4. The molecule has 0 atom stereocenters. The monoisotopic (exact) mass is 272 g/mol. The van der Waals surface area contributed by atoms with Crippen molar-refractivity contribution in [3.05, 3.63) is 58.4 Å². The van der Waals surface area contributed by atoms with Gasteiger partial charge in [0.2, 0.25) is 0 Å². The van der Waals surface area contributed by atoms with Crippen LogP contribution in [0.1, 0.15) is 0 Å². The maximum Gasteiger partial charge on any atom is 0.161 e. The van der Waals surface area contributed by atoms with Crippen molar-refractivity contribution in [1.82, 2.24) is 9.97 Å². The topological polar surface area (TPSA) is 25.8 Å². The fourth-order valence-electron chi connectivity index (χ4n) is 1.69. The minimum absolute atomic E-state index is 0.463. The van der Waals surface area contributed by atoms with Crippen molar-refractivity contribution in [3.8, 4) is 22.6 Å². The molecule has 0 radical (unpaired) electrons. The molecule has 0 aliphatic heterocycles. The molecule has 0 aliphatic carbocycles. The van der Waals surface area contributed by atoms with Gasteiger partial charge in [0, 0.05) is 22.6 Å². The minimum Gasteiger partial charge on any atom is -0.228 e. The SMILES string of the molecule is Clc1cc(-c2ccsc2)nc(-c2ccccc2)n1. The van der Waals surface area contributed by atoms with Crippen molar-refractivity contribution < 1.29 is 0 Å². The maximum atomic E-state index is 6.07. The van der Waals surface area contributed by atoms with Gasteiger partial charge in [-0.15, -0.1) is 0 Å². The van der Waals surface area contributed by atoms with Gasteiger partial charge in [-0.05, 0) is 11.4 Å². The summed E-state index contributed by atoms with van der Waals surface area (Å²) in [6.45, 7) is 0. The average molecular weight is 273 g/mol. The summed E-state index contributed by atoms with van der Waals surface area (Å²) < 4.78 is 0. The third kappa shape index (κ3) is 2.28. The number of hydrogen-bond acceptors (Lipinski definition) is 3. The second-order valence-corrected chi connectivity index (χ2v) is 4.94. The van der Waals surface area contributed by atoms with Crippen LogP contribution in [0.2, 0.25) is 5.15 Å². The summed E-state index contributed by atoms with van der Waals surface area (Å²) in [7, 11) is 0. The number of aromatic nitrogens is 2. The second-order valence-electron chi connectivity index (χ2n) is 3.78. The molecule has 3 aromatic rings. The number of nitrogens with zero attached hydrogens (tertiary/aromatic N) is 2. The van der Waals surface area contributed by atoms with E-state index in [1.807, 2.05) is 47.2 Å². The highest BCUT2D eigenvalue weighted by Gasteiger charge is 2.07. The molecule has 0 bridgehead atoms. The Balaban J connectivity index is 2.12. The quantitative estimate of drug-likeness (QED) is 0.641. The van der Waals surface area contributed by atoms with E-state index in [0.29, 0.717) is 11.0 Å². The number of thiophene rings is 1. The van der Waals surface area contributed by atoms with Gasteiger partial charge in [0.1, 0.15) is 5.15 Å². The van der Waals surface area contributed by atoms with Crippen molar-refractivity contribution in [1.29, 1.82) is 0 Å². The van der Waals surface area contributed by atoms with Crippen molar-refractivity contribution >= 4 is 22.9 Å². The summed E-state index contributed by atoms with van der Waals surface area (Å²) in [5.74, 6) is 0.657. The van der Waals surface area contributed by atoms with E-state index in [1.54, 1.807) is 17.4 Å². The Hall–Kier alpha value is -1.71. The first-order valence-corrected chi connectivity index (χ1v) is 6.77. The van der Waals surface area contributed by atoms with Crippen LogP contribution in [0.4, 0.5) is 0 Å². The molecule has 0 amide bonds. The molecule has 0 saturated heterocycles. The molecule has 0 fully saturated rings. The van der Waals surface area contributed by atoms with Crippen LogP contribution in [0.25, 0.3) is 22.6 Å². The summed E-state index contributed by atoms with van der Waals surface area (Å²) in [5, 5.41) is 4.53. The van der Waals surface area contributed by atoms with E-state index in [-0.39, 0.29) is 0 Å². The minimum atomic E-state index is 0.463. The molecule has 2 heterocycles. The number of benzene rings is 1. The summed E-state index contributed by atoms with van der Waals surface area (Å²) in [4.78, 5) is 8.83. The molecule has 0 N–H and O–H groups in total. The first kappa shape index (κ1) is 11.4. The van der Waals surface area contributed by atoms with Gasteiger partial charge in [0.05, 0.1) is 5.69 Å². The lowest BCUT2D eigenvalue weighted by Gasteiger charge is -2.03. The van der Waals surface area contributed by atoms with E-state index in [9.17, 15) is 0 Å². The van der Waals surface area contributed by atoms with Gasteiger partial charge in [-0.3, -0.25) is 0 Å². The van der Waals surface area contributed by atoms with Gasteiger partial charge in [-0.2, -0.15) is 11.3 Å². The lowest BCUT2D eigenvalue weighted by molar-refractivity contribution is 1.18.